The Hall–Kier alpha value is -4.53. The monoisotopic (exact) mass is 416 g/mol. The third-order valence-electron chi connectivity index (χ3n) is 4.08. The number of para-hydroxylation sites is 2. The molecule has 0 heterocycles. The van der Waals surface area contributed by atoms with Gasteiger partial charge in [-0.05, 0) is 43.3 Å². The Morgan fingerprint density at radius 2 is 1.61 bits per heavy atom. The predicted octanol–water partition coefficient (Wildman–Crippen LogP) is 4.54. The van der Waals surface area contributed by atoms with Gasteiger partial charge in [-0.25, -0.2) is 5.43 Å². The maximum absolute atomic E-state index is 12.6. The van der Waals surface area contributed by atoms with Crippen LogP contribution in [0.1, 0.15) is 17.3 Å². The molecule has 0 aliphatic carbocycles. The summed E-state index contributed by atoms with van der Waals surface area (Å²) >= 11 is 0. The lowest BCUT2D eigenvalue weighted by molar-refractivity contribution is -0.384. The van der Waals surface area contributed by atoms with Crippen LogP contribution in [-0.4, -0.2) is 22.8 Å². The Kier molecular flexibility index (Phi) is 7.04. The molecule has 0 radical (unpaired) electrons. The van der Waals surface area contributed by atoms with E-state index >= 15 is 0 Å². The number of nitrogens with one attached hydrogen (secondary N) is 3. The first kappa shape index (κ1) is 21.2. The molecule has 9 heteroatoms. The van der Waals surface area contributed by atoms with E-state index in [1.807, 2.05) is 42.5 Å². The van der Waals surface area contributed by atoms with Crippen LogP contribution in [0.4, 0.5) is 22.7 Å². The molecule has 0 unspecified atom stereocenters. The fourth-order valence-electron chi connectivity index (χ4n) is 2.55. The lowest BCUT2D eigenvalue weighted by Gasteiger charge is -2.11. The van der Waals surface area contributed by atoms with Crippen molar-refractivity contribution in [1.82, 2.24) is 5.43 Å². The number of nitro groups is 1. The van der Waals surface area contributed by atoms with Gasteiger partial charge in [-0.2, -0.15) is 10.2 Å². The van der Waals surface area contributed by atoms with E-state index in [1.165, 1.54) is 18.3 Å². The summed E-state index contributed by atoms with van der Waals surface area (Å²) in [6.45, 7) is 1.68. The van der Waals surface area contributed by atoms with Crippen LogP contribution < -0.4 is 16.2 Å². The van der Waals surface area contributed by atoms with E-state index in [1.54, 1.807) is 31.2 Å². The molecular weight excluding hydrogens is 396 g/mol. The van der Waals surface area contributed by atoms with Gasteiger partial charge in [0.15, 0.2) is 0 Å². The number of carbonyl (C=O) groups is 1. The molecule has 0 aliphatic rings. The molecule has 0 atom stereocenters. The molecule has 3 aromatic rings. The number of hydrogen-bond acceptors (Lipinski definition) is 7. The van der Waals surface area contributed by atoms with Crippen molar-refractivity contribution in [1.29, 1.82) is 0 Å². The number of carbonyl (C=O) groups excluding carboxylic acids is 1. The second-order valence-electron chi connectivity index (χ2n) is 6.40. The predicted molar refractivity (Wildman–Crippen MR) is 122 cm³/mol. The van der Waals surface area contributed by atoms with Crippen molar-refractivity contribution < 1.29 is 9.72 Å². The average molecular weight is 416 g/mol. The largest absolute Gasteiger partial charge is 0.355 e. The molecule has 9 nitrogen and oxygen atoms in total. The number of non-ortho nitro benzene ring substituents is 1. The number of amides is 1. The van der Waals surface area contributed by atoms with E-state index in [-0.39, 0.29) is 11.6 Å². The van der Waals surface area contributed by atoms with E-state index in [0.717, 1.165) is 5.69 Å². The first-order valence-electron chi connectivity index (χ1n) is 9.32. The molecule has 3 aromatic carbocycles. The van der Waals surface area contributed by atoms with E-state index in [4.69, 9.17) is 0 Å². The molecule has 0 bridgehead atoms. The van der Waals surface area contributed by atoms with Gasteiger partial charge in [0.2, 0.25) is 0 Å². The molecule has 156 valence electrons. The summed E-state index contributed by atoms with van der Waals surface area (Å²) in [5.74, 6) is -0.366. The van der Waals surface area contributed by atoms with Gasteiger partial charge in [0.05, 0.1) is 33.8 Å². The SMILES string of the molecule is CC(/C=N/Nc1ccc([N+](=O)[O-])cc1)=N\NC(=O)c1ccccc1Nc1ccccc1. The molecule has 31 heavy (non-hydrogen) atoms. The minimum atomic E-state index is -0.472. The van der Waals surface area contributed by atoms with E-state index in [9.17, 15) is 14.9 Å². The molecule has 1 amide bonds. The van der Waals surface area contributed by atoms with Crippen LogP contribution in [0.15, 0.2) is 89.1 Å². The Morgan fingerprint density at radius 1 is 0.935 bits per heavy atom. The fourth-order valence-corrected chi connectivity index (χ4v) is 2.55. The number of hydrogen-bond donors (Lipinski definition) is 3. The normalized spacial score (nSPS) is 11.2. The van der Waals surface area contributed by atoms with Crippen LogP contribution in [-0.2, 0) is 0 Å². The summed E-state index contributed by atoms with van der Waals surface area (Å²) < 4.78 is 0. The van der Waals surface area contributed by atoms with Gasteiger partial charge in [0, 0.05) is 17.8 Å². The molecule has 0 saturated carbocycles. The zero-order chi connectivity index (χ0) is 22.1. The van der Waals surface area contributed by atoms with Gasteiger partial charge >= 0.3 is 0 Å². The lowest BCUT2D eigenvalue weighted by Crippen LogP contribution is -2.20. The highest BCUT2D eigenvalue weighted by molar-refractivity contribution is 6.29. The zero-order valence-electron chi connectivity index (χ0n) is 16.6. The first-order valence-corrected chi connectivity index (χ1v) is 9.32. The van der Waals surface area contributed by atoms with Gasteiger partial charge in [0.25, 0.3) is 11.6 Å². The van der Waals surface area contributed by atoms with Gasteiger partial charge < -0.3 is 5.32 Å². The van der Waals surface area contributed by atoms with Crippen molar-refractivity contribution in [2.75, 3.05) is 10.7 Å². The molecule has 3 rings (SSSR count). The summed E-state index contributed by atoms with van der Waals surface area (Å²) in [6, 6.07) is 22.5. The van der Waals surface area contributed by atoms with Crippen molar-refractivity contribution in [3.05, 3.63) is 94.5 Å². The van der Waals surface area contributed by atoms with Crippen molar-refractivity contribution in [2.45, 2.75) is 6.92 Å². The number of nitro benzene ring substituents is 1. The summed E-state index contributed by atoms with van der Waals surface area (Å²) in [4.78, 5) is 22.8. The second kappa shape index (κ2) is 10.3. The lowest BCUT2D eigenvalue weighted by atomic mass is 10.1. The molecule has 3 N–H and O–H groups in total. The number of anilines is 3. The molecule has 0 aliphatic heterocycles. The average Bonchev–Trinajstić information content (AvgIpc) is 2.79. The molecule has 0 fully saturated rings. The van der Waals surface area contributed by atoms with Crippen LogP contribution >= 0.6 is 0 Å². The quantitative estimate of drug-likeness (QED) is 0.283. The number of benzene rings is 3. The van der Waals surface area contributed by atoms with Crippen LogP contribution in [0.25, 0.3) is 0 Å². The first-order chi connectivity index (χ1) is 15.0. The number of hydrazone groups is 2. The Balaban J connectivity index is 1.59. The van der Waals surface area contributed by atoms with Crippen molar-refractivity contribution in [3.63, 3.8) is 0 Å². The molecule has 0 saturated heterocycles. The van der Waals surface area contributed by atoms with Crippen molar-refractivity contribution in [2.24, 2.45) is 10.2 Å². The van der Waals surface area contributed by atoms with Crippen molar-refractivity contribution >= 4 is 40.6 Å². The maximum atomic E-state index is 12.6. The van der Waals surface area contributed by atoms with Gasteiger partial charge in [0.1, 0.15) is 0 Å². The Labute approximate surface area is 178 Å². The van der Waals surface area contributed by atoms with E-state index in [2.05, 4.69) is 26.4 Å². The van der Waals surface area contributed by atoms with Crippen LogP contribution in [0.3, 0.4) is 0 Å². The summed E-state index contributed by atoms with van der Waals surface area (Å²) in [7, 11) is 0. The van der Waals surface area contributed by atoms with E-state index in [0.29, 0.717) is 22.6 Å². The van der Waals surface area contributed by atoms with Crippen LogP contribution in [0, 0.1) is 10.1 Å². The minimum absolute atomic E-state index is 0.00276. The topological polar surface area (TPSA) is 121 Å². The zero-order valence-corrected chi connectivity index (χ0v) is 16.6. The summed E-state index contributed by atoms with van der Waals surface area (Å²) in [5.41, 5.74) is 8.26. The maximum Gasteiger partial charge on any atom is 0.273 e. The highest BCUT2D eigenvalue weighted by atomic mass is 16.6. The van der Waals surface area contributed by atoms with Crippen LogP contribution in [0.5, 0.6) is 0 Å². The standard InChI is InChI=1S/C22H20N6O3/c1-16(15-23-26-18-11-13-19(14-12-18)28(30)31)25-27-22(29)20-9-5-6-10-21(20)24-17-7-3-2-4-8-17/h2-15,24,26H,1H3,(H,27,29)/b23-15+,25-16+. The van der Waals surface area contributed by atoms with Gasteiger partial charge in [-0.15, -0.1) is 0 Å². The highest BCUT2D eigenvalue weighted by Crippen LogP contribution is 2.20. The summed E-state index contributed by atoms with van der Waals surface area (Å²) in [6.07, 6.45) is 1.43. The number of nitrogens with zero attached hydrogens (tertiary/aromatic N) is 3. The van der Waals surface area contributed by atoms with Crippen LogP contribution in [0.2, 0.25) is 0 Å². The fraction of sp³-hybridized carbons (Fsp3) is 0.0455. The summed E-state index contributed by atoms with van der Waals surface area (Å²) in [5, 5.41) is 21.9. The third-order valence-corrected chi connectivity index (χ3v) is 4.08. The smallest absolute Gasteiger partial charge is 0.273 e. The Morgan fingerprint density at radius 3 is 2.32 bits per heavy atom. The molecule has 0 spiro atoms. The van der Waals surface area contributed by atoms with Gasteiger partial charge in [-0.3, -0.25) is 20.3 Å². The number of rotatable bonds is 8. The molecular formula is C22H20N6O3. The van der Waals surface area contributed by atoms with Crippen molar-refractivity contribution in [3.8, 4) is 0 Å². The minimum Gasteiger partial charge on any atom is -0.355 e. The third kappa shape index (κ3) is 6.23. The highest BCUT2D eigenvalue weighted by Gasteiger charge is 2.10. The molecule has 0 aromatic heterocycles. The second-order valence-corrected chi connectivity index (χ2v) is 6.40. The van der Waals surface area contributed by atoms with Gasteiger partial charge in [-0.1, -0.05) is 30.3 Å². The van der Waals surface area contributed by atoms with E-state index < -0.39 is 4.92 Å². The Bertz CT molecular complexity index is 1110.